The second kappa shape index (κ2) is 3.23. The van der Waals surface area contributed by atoms with E-state index in [1.807, 2.05) is 0 Å². The normalized spacial score (nSPS) is 23.6. The van der Waals surface area contributed by atoms with E-state index in [4.69, 9.17) is 5.73 Å². The topological polar surface area (TPSA) is 49.6 Å². The molecule has 0 aromatic carbocycles. The van der Waals surface area contributed by atoms with Crippen LogP contribution in [-0.2, 0) is 0 Å². The number of urea groups is 1. The zero-order valence-electron chi connectivity index (χ0n) is 7.49. The van der Waals surface area contributed by atoms with Crippen LogP contribution in [0.1, 0.15) is 6.42 Å². The number of carbonyl (C=O) groups excluding carboxylic acids is 1. The first-order valence-electron chi connectivity index (χ1n) is 4.17. The minimum absolute atomic E-state index is 0.373. The van der Waals surface area contributed by atoms with E-state index in [2.05, 4.69) is 11.9 Å². The molecule has 0 aromatic heterocycles. The van der Waals surface area contributed by atoms with E-state index >= 15 is 0 Å². The number of thioether (sulfide) groups is 1. The molecule has 1 radical (unpaired) electrons. The number of hydrogen-bond donors (Lipinski definition) is 1. The fraction of sp³-hybridized carbons (Fsp3) is 0.500. The van der Waals surface area contributed by atoms with Crippen LogP contribution in [0.4, 0.5) is 4.79 Å². The zero-order chi connectivity index (χ0) is 9.42. The van der Waals surface area contributed by atoms with E-state index in [1.54, 1.807) is 22.5 Å². The fourth-order valence-corrected chi connectivity index (χ4v) is 2.67. The van der Waals surface area contributed by atoms with Crippen molar-refractivity contribution in [2.24, 2.45) is 5.73 Å². The van der Waals surface area contributed by atoms with Crippen LogP contribution >= 0.6 is 11.8 Å². The van der Waals surface area contributed by atoms with E-state index in [0.717, 1.165) is 25.2 Å². The van der Waals surface area contributed by atoms with Crippen LogP contribution in [-0.4, -0.2) is 36.0 Å². The van der Waals surface area contributed by atoms with Crippen LogP contribution in [0, 0.1) is 5.88 Å². The van der Waals surface area contributed by atoms with Gasteiger partial charge in [0.05, 0.1) is 0 Å². The first-order chi connectivity index (χ1) is 6.18. The summed E-state index contributed by atoms with van der Waals surface area (Å²) in [6, 6.07) is -0.373. The third-order valence-electron chi connectivity index (χ3n) is 2.29. The summed E-state index contributed by atoms with van der Waals surface area (Å²) >= 11 is 1.60. The van der Waals surface area contributed by atoms with Crippen molar-refractivity contribution in [2.45, 2.75) is 6.42 Å². The van der Waals surface area contributed by atoms with E-state index in [0.29, 0.717) is 0 Å². The summed E-state index contributed by atoms with van der Waals surface area (Å²) in [6.45, 7) is 1.93. The number of amides is 2. The van der Waals surface area contributed by atoms with Crippen molar-refractivity contribution in [3.63, 3.8) is 0 Å². The molecule has 2 N–H and O–H groups in total. The highest BCUT2D eigenvalue weighted by Crippen LogP contribution is 2.39. The van der Waals surface area contributed by atoms with Crippen LogP contribution in [0.3, 0.4) is 0 Å². The van der Waals surface area contributed by atoms with Crippen LogP contribution in [0.25, 0.3) is 0 Å². The van der Waals surface area contributed by atoms with Gasteiger partial charge in [0.2, 0.25) is 0 Å². The first kappa shape index (κ1) is 8.90. The lowest BCUT2D eigenvalue weighted by Crippen LogP contribution is -2.34. The lowest BCUT2D eigenvalue weighted by molar-refractivity contribution is 0.228. The number of nitrogens with zero attached hydrogens (tertiary/aromatic N) is 2. The molecule has 0 bridgehead atoms. The number of likely N-dealkylation sites (N-methyl/N-ethyl adjacent to an activating group) is 1. The van der Waals surface area contributed by atoms with E-state index < -0.39 is 0 Å². The van der Waals surface area contributed by atoms with Gasteiger partial charge in [-0.2, -0.15) is 0 Å². The van der Waals surface area contributed by atoms with Gasteiger partial charge in [0, 0.05) is 30.1 Å². The Hall–Kier alpha value is -0.680. The summed E-state index contributed by atoms with van der Waals surface area (Å²) in [7, 11) is 2.08. The number of primary amides is 1. The second-order valence-electron chi connectivity index (χ2n) is 3.29. The molecule has 0 aliphatic carbocycles. The molecule has 0 aromatic rings. The molecule has 0 spiro atoms. The summed E-state index contributed by atoms with van der Waals surface area (Å²) in [6.07, 6.45) is 0.915. The SMILES string of the molecule is CN1CCC2=C(C1)S[CH]N2C(N)=O. The van der Waals surface area contributed by atoms with Crippen LogP contribution in [0.5, 0.6) is 0 Å². The molecule has 2 rings (SSSR count). The third-order valence-corrected chi connectivity index (χ3v) is 3.26. The van der Waals surface area contributed by atoms with Crippen LogP contribution in [0.15, 0.2) is 10.6 Å². The highest BCUT2D eigenvalue weighted by Gasteiger charge is 2.30. The van der Waals surface area contributed by atoms with Gasteiger partial charge in [-0.3, -0.25) is 4.90 Å². The monoisotopic (exact) mass is 198 g/mol. The minimum atomic E-state index is -0.373. The number of nitrogens with two attached hydrogens (primary N) is 1. The molecule has 2 aliphatic heterocycles. The number of rotatable bonds is 0. The summed E-state index contributed by atoms with van der Waals surface area (Å²) < 4.78 is 0. The van der Waals surface area contributed by atoms with Gasteiger partial charge in [-0.15, -0.1) is 0 Å². The van der Waals surface area contributed by atoms with Gasteiger partial charge < -0.3 is 10.6 Å². The van der Waals surface area contributed by atoms with Crippen molar-refractivity contribution in [2.75, 3.05) is 20.1 Å². The highest BCUT2D eigenvalue weighted by molar-refractivity contribution is 8.05. The Bertz CT molecular complexity index is 277. The average Bonchev–Trinajstić information content (AvgIpc) is 2.46. The van der Waals surface area contributed by atoms with Gasteiger partial charge in [-0.25, -0.2) is 4.79 Å². The first-order valence-corrected chi connectivity index (χ1v) is 5.05. The van der Waals surface area contributed by atoms with E-state index in [9.17, 15) is 4.79 Å². The molecule has 2 amide bonds. The molecule has 0 unspecified atom stereocenters. The lowest BCUT2D eigenvalue weighted by Gasteiger charge is -2.25. The van der Waals surface area contributed by atoms with Crippen molar-refractivity contribution in [1.29, 1.82) is 0 Å². The molecule has 5 heteroatoms. The molecule has 0 saturated heterocycles. The van der Waals surface area contributed by atoms with Crippen molar-refractivity contribution in [3.05, 3.63) is 16.5 Å². The van der Waals surface area contributed by atoms with Gasteiger partial charge in [0.15, 0.2) is 0 Å². The maximum Gasteiger partial charge on any atom is 0.320 e. The van der Waals surface area contributed by atoms with Crippen molar-refractivity contribution < 1.29 is 4.79 Å². The standard InChI is InChI=1S/C8H12N3OS/c1-10-3-2-6-7(4-10)13-5-11(6)8(9)12/h5H,2-4H2,1H3,(H2,9,12). The Kier molecular flexibility index (Phi) is 2.21. The Morgan fingerprint density at radius 1 is 1.69 bits per heavy atom. The summed E-state index contributed by atoms with van der Waals surface area (Å²) in [5, 5.41) is 0. The molecule has 4 nitrogen and oxygen atoms in total. The van der Waals surface area contributed by atoms with Gasteiger partial charge in [-0.05, 0) is 7.05 Å². The lowest BCUT2D eigenvalue weighted by atomic mass is 10.2. The van der Waals surface area contributed by atoms with Gasteiger partial charge in [-0.1, -0.05) is 11.8 Å². The minimum Gasteiger partial charge on any atom is -0.351 e. The molecule has 2 heterocycles. The zero-order valence-corrected chi connectivity index (χ0v) is 8.30. The Labute approximate surface area is 81.7 Å². The van der Waals surface area contributed by atoms with Crippen molar-refractivity contribution in [3.8, 4) is 0 Å². The smallest absolute Gasteiger partial charge is 0.320 e. The second-order valence-corrected chi connectivity index (χ2v) is 4.23. The van der Waals surface area contributed by atoms with Crippen molar-refractivity contribution >= 4 is 17.8 Å². The van der Waals surface area contributed by atoms with E-state index in [1.165, 1.54) is 4.91 Å². The largest absolute Gasteiger partial charge is 0.351 e. The molecule has 13 heavy (non-hydrogen) atoms. The van der Waals surface area contributed by atoms with Crippen LogP contribution < -0.4 is 5.73 Å². The van der Waals surface area contributed by atoms with Gasteiger partial charge in [0.1, 0.15) is 5.88 Å². The molecular weight excluding hydrogens is 186 g/mol. The summed E-state index contributed by atoms with van der Waals surface area (Å²) in [4.78, 5) is 16.1. The maximum atomic E-state index is 11.0. The Morgan fingerprint density at radius 3 is 3.15 bits per heavy atom. The molecule has 0 saturated carbocycles. The Morgan fingerprint density at radius 2 is 2.46 bits per heavy atom. The highest BCUT2D eigenvalue weighted by atomic mass is 32.2. The molecule has 2 aliphatic rings. The predicted octanol–water partition coefficient (Wildman–Crippen LogP) is 0.780. The maximum absolute atomic E-state index is 11.0. The summed E-state index contributed by atoms with van der Waals surface area (Å²) in [5.74, 6) is 1.80. The number of hydrogen-bond acceptors (Lipinski definition) is 3. The molecule has 71 valence electrons. The van der Waals surface area contributed by atoms with Gasteiger partial charge in [0.25, 0.3) is 0 Å². The average molecular weight is 198 g/mol. The molecule has 0 fully saturated rings. The van der Waals surface area contributed by atoms with Crippen molar-refractivity contribution in [1.82, 2.24) is 9.80 Å². The third kappa shape index (κ3) is 1.53. The van der Waals surface area contributed by atoms with Gasteiger partial charge >= 0.3 is 6.03 Å². The molecular formula is C8H12N3OS. The summed E-state index contributed by atoms with van der Waals surface area (Å²) in [5.41, 5.74) is 6.33. The van der Waals surface area contributed by atoms with Crippen LogP contribution in [0.2, 0.25) is 0 Å². The van der Waals surface area contributed by atoms with E-state index in [-0.39, 0.29) is 6.03 Å². The number of carbonyl (C=O) groups is 1. The quantitative estimate of drug-likeness (QED) is 0.625. The molecule has 0 atom stereocenters. The fourth-order valence-electron chi connectivity index (χ4n) is 1.58. The Balaban J connectivity index is 2.19. The predicted molar refractivity (Wildman–Crippen MR) is 52.5 cm³/mol.